The van der Waals surface area contributed by atoms with Crippen molar-refractivity contribution in [2.24, 2.45) is 0 Å². The van der Waals surface area contributed by atoms with Gasteiger partial charge in [0.15, 0.2) is 0 Å². The molecule has 7 rings (SSSR count). The van der Waals surface area contributed by atoms with Crippen LogP contribution in [0.4, 0.5) is 11.4 Å². The van der Waals surface area contributed by atoms with Crippen molar-refractivity contribution in [3.8, 4) is 11.1 Å². The zero-order valence-electron chi connectivity index (χ0n) is 18.4. The standard InChI is InChI=1S/C31H23NO/c1-20-8-7-12-25-26-18-21(14-16-28(26)32(31(20)25)23-9-3-2-4-10-23)22-15-17-30-27(19-22)24-11-5-6-13-29(24)33-30/h2-19,25,31H,1H3. The molecular formula is C31H23NO. The smallest absolute Gasteiger partial charge is 0.135 e. The maximum absolute atomic E-state index is 6.04. The molecule has 0 bridgehead atoms. The van der Waals surface area contributed by atoms with Gasteiger partial charge in [-0.15, -0.1) is 0 Å². The first-order valence-electron chi connectivity index (χ1n) is 11.5. The van der Waals surface area contributed by atoms with Gasteiger partial charge >= 0.3 is 0 Å². The van der Waals surface area contributed by atoms with Gasteiger partial charge in [-0.3, -0.25) is 0 Å². The van der Waals surface area contributed by atoms with Crippen molar-refractivity contribution in [1.82, 2.24) is 0 Å². The Labute approximate surface area is 193 Å². The Kier molecular flexibility index (Phi) is 3.92. The summed E-state index contributed by atoms with van der Waals surface area (Å²) < 4.78 is 6.04. The summed E-state index contributed by atoms with van der Waals surface area (Å²) in [5.74, 6) is 0.351. The summed E-state index contributed by atoms with van der Waals surface area (Å²) in [7, 11) is 0. The quantitative estimate of drug-likeness (QED) is 0.282. The number of allylic oxidation sites excluding steroid dienone is 2. The maximum atomic E-state index is 6.04. The topological polar surface area (TPSA) is 16.4 Å². The fraction of sp³-hybridized carbons (Fsp3) is 0.0968. The van der Waals surface area contributed by atoms with E-state index >= 15 is 0 Å². The van der Waals surface area contributed by atoms with Gasteiger partial charge in [0.25, 0.3) is 0 Å². The van der Waals surface area contributed by atoms with Crippen LogP contribution < -0.4 is 4.90 Å². The number of furan rings is 1. The lowest BCUT2D eigenvalue weighted by atomic mass is 9.86. The van der Waals surface area contributed by atoms with Crippen LogP contribution in [-0.2, 0) is 0 Å². The van der Waals surface area contributed by atoms with Crippen molar-refractivity contribution in [2.45, 2.75) is 18.9 Å². The Morgan fingerprint density at radius 1 is 0.727 bits per heavy atom. The lowest BCUT2D eigenvalue weighted by Crippen LogP contribution is -2.31. The van der Waals surface area contributed by atoms with Crippen molar-refractivity contribution >= 4 is 33.3 Å². The second-order valence-corrected chi connectivity index (χ2v) is 9.05. The van der Waals surface area contributed by atoms with Crippen LogP contribution in [0, 0.1) is 0 Å². The van der Waals surface area contributed by atoms with E-state index in [9.17, 15) is 0 Å². The second-order valence-electron chi connectivity index (χ2n) is 9.05. The maximum Gasteiger partial charge on any atom is 0.135 e. The average molecular weight is 426 g/mol. The highest BCUT2D eigenvalue weighted by Crippen LogP contribution is 2.50. The highest BCUT2D eigenvalue weighted by Gasteiger charge is 2.39. The van der Waals surface area contributed by atoms with E-state index < -0.39 is 0 Å². The van der Waals surface area contributed by atoms with E-state index in [1.807, 2.05) is 12.1 Å². The van der Waals surface area contributed by atoms with Crippen LogP contribution in [0.3, 0.4) is 0 Å². The molecule has 0 N–H and O–H groups in total. The molecule has 1 aromatic heterocycles. The first-order valence-corrected chi connectivity index (χ1v) is 11.5. The van der Waals surface area contributed by atoms with E-state index in [4.69, 9.17) is 4.42 Å². The molecule has 0 spiro atoms. The van der Waals surface area contributed by atoms with E-state index in [0.29, 0.717) is 12.0 Å². The lowest BCUT2D eigenvalue weighted by molar-refractivity contribution is 0.669. The minimum Gasteiger partial charge on any atom is -0.456 e. The molecule has 1 aliphatic carbocycles. The van der Waals surface area contributed by atoms with Gasteiger partial charge in [-0.05, 0) is 71.7 Å². The SMILES string of the molecule is CC1=CC=CC2c3cc(-c4ccc5oc6ccccc6c5c4)ccc3N(c3ccccc3)C12. The second kappa shape index (κ2) is 6.98. The van der Waals surface area contributed by atoms with Crippen molar-refractivity contribution in [2.75, 3.05) is 4.90 Å². The van der Waals surface area contributed by atoms with Crippen molar-refractivity contribution in [3.05, 3.63) is 120 Å². The first kappa shape index (κ1) is 18.5. The van der Waals surface area contributed by atoms with E-state index in [1.54, 1.807) is 0 Å². The summed E-state index contributed by atoms with van der Waals surface area (Å²) in [4.78, 5) is 2.51. The van der Waals surface area contributed by atoms with Gasteiger partial charge in [0.2, 0.25) is 0 Å². The van der Waals surface area contributed by atoms with Crippen molar-refractivity contribution in [1.29, 1.82) is 0 Å². The number of rotatable bonds is 2. The summed E-state index contributed by atoms with van der Waals surface area (Å²) in [6.07, 6.45) is 6.82. The predicted octanol–water partition coefficient (Wildman–Crippen LogP) is 8.37. The fourth-order valence-corrected chi connectivity index (χ4v) is 5.62. The molecule has 2 heteroatoms. The minimum atomic E-state index is 0.322. The highest BCUT2D eigenvalue weighted by molar-refractivity contribution is 6.06. The molecule has 4 aromatic carbocycles. The lowest BCUT2D eigenvalue weighted by Gasteiger charge is -2.32. The molecule has 0 fully saturated rings. The largest absolute Gasteiger partial charge is 0.456 e. The summed E-state index contributed by atoms with van der Waals surface area (Å²) in [6, 6.07) is 32.8. The van der Waals surface area contributed by atoms with Gasteiger partial charge in [-0.1, -0.05) is 66.8 Å². The summed E-state index contributed by atoms with van der Waals surface area (Å²) in [6.45, 7) is 2.25. The zero-order valence-corrected chi connectivity index (χ0v) is 18.4. The van der Waals surface area contributed by atoms with Crippen molar-refractivity contribution in [3.63, 3.8) is 0 Å². The van der Waals surface area contributed by atoms with Crippen LogP contribution in [0.15, 0.2) is 119 Å². The number of hydrogen-bond acceptors (Lipinski definition) is 2. The molecule has 2 unspecified atom stereocenters. The van der Waals surface area contributed by atoms with E-state index in [-0.39, 0.29) is 0 Å². The van der Waals surface area contributed by atoms with Gasteiger partial charge < -0.3 is 9.32 Å². The molecule has 0 amide bonds. The van der Waals surface area contributed by atoms with Gasteiger partial charge in [-0.25, -0.2) is 0 Å². The third kappa shape index (κ3) is 2.74. The first-order chi connectivity index (χ1) is 16.3. The average Bonchev–Trinajstić information content (AvgIpc) is 3.40. The predicted molar refractivity (Wildman–Crippen MR) is 137 cm³/mol. The molecule has 158 valence electrons. The number of hydrogen-bond donors (Lipinski definition) is 0. The number of nitrogens with zero attached hydrogens (tertiary/aromatic N) is 1. The number of anilines is 2. The molecule has 33 heavy (non-hydrogen) atoms. The summed E-state index contributed by atoms with van der Waals surface area (Å²) in [5.41, 5.74) is 9.68. The molecule has 0 saturated heterocycles. The monoisotopic (exact) mass is 425 g/mol. The number of benzene rings is 4. The van der Waals surface area contributed by atoms with Crippen molar-refractivity contribution < 1.29 is 4.42 Å². The molecule has 2 heterocycles. The molecule has 0 saturated carbocycles. The van der Waals surface area contributed by atoms with E-state index in [2.05, 4.69) is 109 Å². The van der Waals surface area contributed by atoms with E-state index in [0.717, 1.165) is 11.2 Å². The molecule has 0 radical (unpaired) electrons. The highest BCUT2D eigenvalue weighted by atomic mass is 16.3. The summed E-state index contributed by atoms with van der Waals surface area (Å²) >= 11 is 0. The van der Waals surface area contributed by atoms with Crippen LogP contribution in [0.25, 0.3) is 33.1 Å². The van der Waals surface area contributed by atoms with Crippen LogP contribution in [0.2, 0.25) is 0 Å². The summed E-state index contributed by atoms with van der Waals surface area (Å²) in [5, 5.41) is 2.34. The molecule has 2 atom stereocenters. The molecular weight excluding hydrogens is 402 g/mol. The fourth-order valence-electron chi connectivity index (χ4n) is 5.62. The normalized spacial score (nSPS) is 19.1. The van der Waals surface area contributed by atoms with Crippen LogP contribution >= 0.6 is 0 Å². The van der Waals surface area contributed by atoms with Crippen LogP contribution in [-0.4, -0.2) is 6.04 Å². The minimum absolute atomic E-state index is 0.322. The third-order valence-electron chi connectivity index (χ3n) is 7.15. The zero-order chi connectivity index (χ0) is 21.9. The van der Waals surface area contributed by atoms with Gasteiger partial charge in [0.1, 0.15) is 11.2 Å². The third-order valence-corrected chi connectivity index (χ3v) is 7.15. The Balaban J connectivity index is 1.39. The molecule has 2 nitrogen and oxygen atoms in total. The van der Waals surface area contributed by atoms with Crippen LogP contribution in [0.5, 0.6) is 0 Å². The molecule has 2 aliphatic rings. The molecule has 1 aliphatic heterocycles. The Bertz CT molecular complexity index is 1590. The van der Waals surface area contributed by atoms with Gasteiger partial charge in [-0.2, -0.15) is 0 Å². The number of fused-ring (bicyclic) bond motifs is 6. The Hall–Kier alpha value is -4.04. The Morgan fingerprint density at radius 2 is 1.48 bits per heavy atom. The van der Waals surface area contributed by atoms with E-state index in [1.165, 1.54) is 44.4 Å². The number of para-hydroxylation sites is 2. The van der Waals surface area contributed by atoms with Gasteiger partial charge in [0, 0.05) is 28.1 Å². The Morgan fingerprint density at radius 3 is 2.39 bits per heavy atom. The van der Waals surface area contributed by atoms with Crippen LogP contribution in [0.1, 0.15) is 18.4 Å². The molecule has 5 aromatic rings. The van der Waals surface area contributed by atoms with Gasteiger partial charge in [0.05, 0.1) is 6.04 Å².